The van der Waals surface area contributed by atoms with E-state index in [1.807, 2.05) is 0 Å². The summed E-state index contributed by atoms with van der Waals surface area (Å²) in [5.74, 6) is 0. The first-order valence-electron chi connectivity index (χ1n) is 1.05. The maximum Gasteiger partial charge on any atom is 0.321 e. The Labute approximate surface area is 34.3 Å². The molecule has 0 aliphatic heterocycles. The SMILES string of the molecule is N=[SiH]O[SiH]=N. The molecule has 0 aliphatic rings. The smallest absolute Gasteiger partial charge is 0.321 e. The second kappa shape index (κ2) is 3.83. The van der Waals surface area contributed by atoms with Gasteiger partial charge in [0.05, 0.1) is 0 Å². The average Bonchev–Trinajstić information content (AvgIpc) is 1.41. The van der Waals surface area contributed by atoms with E-state index in [4.69, 9.17) is 10.1 Å². The highest BCUT2D eigenvalue weighted by atomic mass is 28.3. The number of nitrogens with one attached hydrogen (secondary N) is 2. The zero-order chi connectivity index (χ0) is 4.12. The van der Waals surface area contributed by atoms with Gasteiger partial charge in [-0.2, -0.15) is 0 Å². The van der Waals surface area contributed by atoms with Crippen LogP contribution in [0.5, 0.6) is 0 Å². The fraction of sp³-hybridized carbons (Fsp3) is 0. The lowest BCUT2D eigenvalue weighted by atomic mass is 14.0. The van der Waals surface area contributed by atoms with Crippen LogP contribution in [0.3, 0.4) is 0 Å². The largest absolute Gasteiger partial charge is 0.558 e. The van der Waals surface area contributed by atoms with Crippen molar-refractivity contribution < 1.29 is 4.12 Å². The van der Waals surface area contributed by atoms with E-state index in [0.29, 0.717) is 0 Å². The predicted molar refractivity (Wildman–Crippen MR) is 20.8 cm³/mol. The van der Waals surface area contributed by atoms with E-state index in [2.05, 4.69) is 4.12 Å². The van der Waals surface area contributed by atoms with Crippen molar-refractivity contribution in [2.24, 2.45) is 0 Å². The molecule has 0 rings (SSSR count). The van der Waals surface area contributed by atoms with Crippen molar-refractivity contribution in [2.45, 2.75) is 0 Å². The van der Waals surface area contributed by atoms with E-state index in [1.54, 1.807) is 0 Å². The molecule has 0 aromatic carbocycles. The monoisotopic (exact) mass is 104 g/mol. The van der Waals surface area contributed by atoms with Gasteiger partial charge >= 0.3 is 19.1 Å². The van der Waals surface area contributed by atoms with Crippen LogP contribution in [0, 0.1) is 10.1 Å². The van der Waals surface area contributed by atoms with Gasteiger partial charge in [0.25, 0.3) is 0 Å². The van der Waals surface area contributed by atoms with Gasteiger partial charge in [0.2, 0.25) is 0 Å². The minimum absolute atomic E-state index is 0.615. The van der Waals surface area contributed by atoms with E-state index in [-0.39, 0.29) is 0 Å². The van der Waals surface area contributed by atoms with Gasteiger partial charge in [-0.05, 0) is 0 Å². The molecule has 0 radical (unpaired) electrons. The van der Waals surface area contributed by atoms with Crippen LogP contribution in [0.15, 0.2) is 0 Å². The highest BCUT2D eigenvalue weighted by molar-refractivity contribution is 6.25. The summed E-state index contributed by atoms with van der Waals surface area (Å²) in [6, 6.07) is 0. The minimum atomic E-state index is -0.615. The molecule has 0 bridgehead atoms. The van der Waals surface area contributed by atoms with Gasteiger partial charge in [0, 0.05) is 0 Å². The van der Waals surface area contributed by atoms with Gasteiger partial charge < -0.3 is 14.2 Å². The molecule has 0 aromatic rings. The molecule has 0 atom stereocenters. The van der Waals surface area contributed by atoms with Crippen molar-refractivity contribution in [2.75, 3.05) is 0 Å². The molecule has 0 amide bonds. The standard InChI is InChI=1S/H4N2OSi2/c1-4-3-5-2/h1-2,4-5H. The first-order chi connectivity index (χ1) is 2.41. The van der Waals surface area contributed by atoms with Gasteiger partial charge in [-0.3, -0.25) is 0 Å². The summed E-state index contributed by atoms with van der Waals surface area (Å²) in [4.78, 5) is 0. The second-order valence-corrected chi connectivity index (χ2v) is 1.93. The maximum atomic E-state index is 6.36. The topological polar surface area (TPSA) is 56.9 Å². The predicted octanol–water partition coefficient (Wildman–Crippen LogP) is -0.769. The molecule has 0 saturated heterocycles. The zero-order valence-electron chi connectivity index (χ0n) is 2.56. The van der Waals surface area contributed by atoms with Crippen LogP contribution in [0.4, 0.5) is 0 Å². The van der Waals surface area contributed by atoms with Crippen molar-refractivity contribution >= 4 is 19.1 Å². The summed E-state index contributed by atoms with van der Waals surface area (Å²) in [6.07, 6.45) is 0. The Morgan fingerprint density at radius 3 is 1.60 bits per heavy atom. The third-order valence-electron chi connectivity index (χ3n) is 0.136. The van der Waals surface area contributed by atoms with Crippen LogP contribution in [0.1, 0.15) is 0 Å². The average molecular weight is 104 g/mol. The highest BCUT2D eigenvalue weighted by Crippen LogP contribution is 1.38. The third kappa shape index (κ3) is 3.83. The Morgan fingerprint density at radius 1 is 1.20 bits per heavy atom. The molecule has 0 spiro atoms. The lowest BCUT2D eigenvalue weighted by Gasteiger charge is -1.73. The van der Waals surface area contributed by atoms with Crippen LogP contribution >= 0.6 is 0 Å². The second-order valence-electron chi connectivity index (χ2n) is 0.372. The van der Waals surface area contributed by atoms with Crippen LogP contribution in [0.25, 0.3) is 0 Å². The van der Waals surface area contributed by atoms with Crippen molar-refractivity contribution in [3.8, 4) is 0 Å². The summed E-state index contributed by atoms with van der Waals surface area (Å²) in [6.45, 7) is 0. The molecule has 0 heterocycles. The Morgan fingerprint density at radius 2 is 1.60 bits per heavy atom. The van der Waals surface area contributed by atoms with Crippen LogP contribution in [0.2, 0.25) is 0 Å². The minimum Gasteiger partial charge on any atom is -0.558 e. The van der Waals surface area contributed by atoms with E-state index < -0.39 is 19.1 Å². The molecule has 5 heteroatoms. The molecule has 28 valence electrons. The molecule has 0 aromatic heterocycles. The van der Waals surface area contributed by atoms with Gasteiger partial charge in [0.15, 0.2) is 0 Å². The first kappa shape index (κ1) is 4.83. The number of rotatable bonds is 2. The van der Waals surface area contributed by atoms with Crippen LogP contribution in [-0.2, 0) is 4.12 Å². The summed E-state index contributed by atoms with van der Waals surface area (Å²) >= 11 is 0. The maximum absolute atomic E-state index is 6.36. The molecular weight excluding hydrogens is 100 g/mol. The van der Waals surface area contributed by atoms with Crippen molar-refractivity contribution in [3.63, 3.8) is 0 Å². The van der Waals surface area contributed by atoms with Gasteiger partial charge in [-0.25, -0.2) is 0 Å². The fourth-order valence-electron chi connectivity index (χ4n) is 0.0340. The van der Waals surface area contributed by atoms with Crippen LogP contribution in [-0.4, -0.2) is 19.1 Å². The highest BCUT2D eigenvalue weighted by Gasteiger charge is 1.54. The van der Waals surface area contributed by atoms with Crippen molar-refractivity contribution in [1.29, 1.82) is 10.1 Å². The quantitative estimate of drug-likeness (QED) is 0.444. The summed E-state index contributed by atoms with van der Waals surface area (Å²) in [7, 11) is -1.23. The van der Waals surface area contributed by atoms with Crippen LogP contribution < -0.4 is 0 Å². The van der Waals surface area contributed by atoms with E-state index in [1.165, 1.54) is 0 Å². The van der Waals surface area contributed by atoms with E-state index >= 15 is 0 Å². The molecule has 3 nitrogen and oxygen atoms in total. The Hall–Kier alpha value is -0.166. The lowest BCUT2D eigenvalue weighted by molar-refractivity contribution is 0.655. The Kier molecular flexibility index (Phi) is 3.71. The Bertz CT molecular complexity index is 36.9. The Balaban J connectivity index is 2.65. The number of hydrogen-bond donors (Lipinski definition) is 2. The molecule has 0 aliphatic carbocycles. The van der Waals surface area contributed by atoms with E-state index in [9.17, 15) is 0 Å². The molecule has 2 N–H and O–H groups in total. The molecule has 0 fully saturated rings. The molecule has 5 heavy (non-hydrogen) atoms. The van der Waals surface area contributed by atoms with Gasteiger partial charge in [-0.15, -0.1) is 0 Å². The van der Waals surface area contributed by atoms with Crippen molar-refractivity contribution in [3.05, 3.63) is 0 Å². The zero-order valence-corrected chi connectivity index (χ0v) is 4.87. The lowest BCUT2D eigenvalue weighted by Crippen LogP contribution is -1.80. The van der Waals surface area contributed by atoms with Gasteiger partial charge in [0.1, 0.15) is 0 Å². The summed E-state index contributed by atoms with van der Waals surface area (Å²) in [5, 5.41) is 12.7. The summed E-state index contributed by atoms with van der Waals surface area (Å²) < 4.78 is 4.33. The van der Waals surface area contributed by atoms with E-state index in [0.717, 1.165) is 0 Å². The fourth-order valence-corrected chi connectivity index (χ4v) is 0.306. The molecule has 0 saturated carbocycles. The molecular formula is H4N2OSi2. The third-order valence-corrected chi connectivity index (χ3v) is 1.22. The molecule has 0 unspecified atom stereocenters. The van der Waals surface area contributed by atoms with Crippen molar-refractivity contribution in [1.82, 2.24) is 0 Å². The first-order valence-corrected chi connectivity index (χ1v) is 3.15. The summed E-state index contributed by atoms with van der Waals surface area (Å²) in [5.41, 5.74) is 0. The van der Waals surface area contributed by atoms with Gasteiger partial charge in [-0.1, -0.05) is 0 Å². The number of hydrogen-bond acceptors (Lipinski definition) is 3. The normalized spacial score (nSPS) is 5.60.